The smallest absolute Gasteiger partial charge is 0.0478 e. The summed E-state index contributed by atoms with van der Waals surface area (Å²) in [7, 11) is 0. The van der Waals surface area contributed by atoms with E-state index >= 15 is 0 Å². The first-order valence-electron chi connectivity index (χ1n) is 4.56. The van der Waals surface area contributed by atoms with E-state index in [1.807, 2.05) is 0 Å². The summed E-state index contributed by atoms with van der Waals surface area (Å²) in [5.41, 5.74) is 9.62. The van der Waals surface area contributed by atoms with Crippen LogP contribution in [0.4, 0.5) is 5.69 Å². The second kappa shape index (κ2) is 3.23. The van der Waals surface area contributed by atoms with Gasteiger partial charge in [-0.1, -0.05) is 18.2 Å². The molecule has 1 aromatic carbocycles. The molecule has 1 heterocycles. The van der Waals surface area contributed by atoms with Crippen LogP contribution in [0.1, 0.15) is 17.2 Å². The third-order valence-electron chi connectivity index (χ3n) is 2.48. The molecule has 2 heteroatoms. The minimum Gasteiger partial charge on any atom is -0.384 e. The molecule has 0 aromatic heterocycles. The summed E-state index contributed by atoms with van der Waals surface area (Å²) in [5.74, 6) is 0. The predicted molar refractivity (Wildman–Crippen MR) is 55.8 cm³/mol. The van der Waals surface area contributed by atoms with Gasteiger partial charge in [0.25, 0.3) is 0 Å². The Balaban J connectivity index is 2.35. The van der Waals surface area contributed by atoms with Crippen LogP contribution in [-0.4, -0.2) is 6.54 Å². The fourth-order valence-electron chi connectivity index (χ4n) is 1.67. The van der Waals surface area contributed by atoms with Gasteiger partial charge in [0, 0.05) is 18.3 Å². The quantitative estimate of drug-likeness (QED) is 0.671. The average Bonchev–Trinajstić information content (AvgIpc) is 2.63. The van der Waals surface area contributed by atoms with Gasteiger partial charge in [-0.15, -0.1) is 6.58 Å². The highest BCUT2D eigenvalue weighted by atomic mass is 14.9. The van der Waals surface area contributed by atoms with Gasteiger partial charge in [-0.3, -0.25) is 0 Å². The van der Waals surface area contributed by atoms with E-state index in [1.165, 1.54) is 11.3 Å². The maximum atomic E-state index is 5.85. The molecule has 13 heavy (non-hydrogen) atoms. The molecule has 1 aromatic rings. The van der Waals surface area contributed by atoms with Crippen LogP contribution in [0.25, 0.3) is 0 Å². The van der Waals surface area contributed by atoms with Crippen molar-refractivity contribution in [1.82, 2.24) is 0 Å². The van der Waals surface area contributed by atoms with E-state index in [4.69, 9.17) is 5.73 Å². The van der Waals surface area contributed by atoms with Crippen LogP contribution in [-0.2, 0) is 6.42 Å². The Morgan fingerprint density at radius 2 is 2.38 bits per heavy atom. The Bertz CT molecular complexity index is 331. The molecule has 68 valence electrons. The lowest BCUT2D eigenvalue weighted by atomic mass is 10.0. The van der Waals surface area contributed by atoms with Crippen molar-refractivity contribution >= 4 is 5.69 Å². The Kier molecular flexibility index (Phi) is 2.07. The normalized spacial score (nSPS) is 16.1. The Morgan fingerprint density at radius 3 is 3.15 bits per heavy atom. The first kappa shape index (κ1) is 8.32. The lowest BCUT2D eigenvalue weighted by molar-refractivity contribution is 0.911. The highest BCUT2D eigenvalue weighted by Gasteiger charge is 2.11. The second-order valence-corrected chi connectivity index (χ2v) is 3.35. The van der Waals surface area contributed by atoms with E-state index in [2.05, 4.69) is 30.1 Å². The lowest BCUT2D eigenvalue weighted by Crippen LogP contribution is -2.06. The van der Waals surface area contributed by atoms with E-state index in [1.54, 1.807) is 6.08 Å². The summed E-state index contributed by atoms with van der Waals surface area (Å²) in [6, 6.07) is 6.29. The van der Waals surface area contributed by atoms with E-state index in [0.717, 1.165) is 18.5 Å². The van der Waals surface area contributed by atoms with Gasteiger partial charge in [-0.2, -0.15) is 0 Å². The molecule has 0 amide bonds. The fourth-order valence-corrected chi connectivity index (χ4v) is 1.67. The Morgan fingerprint density at radius 1 is 1.54 bits per heavy atom. The van der Waals surface area contributed by atoms with Crippen molar-refractivity contribution in [3.05, 3.63) is 42.0 Å². The number of fused-ring (bicyclic) bond motifs is 1. The average molecular weight is 174 g/mol. The summed E-state index contributed by atoms with van der Waals surface area (Å²) >= 11 is 0. The van der Waals surface area contributed by atoms with Crippen LogP contribution in [0.2, 0.25) is 0 Å². The van der Waals surface area contributed by atoms with Crippen molar-refractivity contribution in [1.29, 1.82) is 0 Å². The molecule has 3 N–H and O–H groups in total. The molecule has 2 nitrogen and oxygen atoms in total. The molecule has 1 aliphatic heterocycles. The summed E-state index contributed by atoms with van der Waals surface area (Å²) in [6.07, 6.45) is 2.87. The van der Waals surface area contributed by atoms with Crippen molar-refractivity contribution in [3.8, 4) is 0 Å². The monoisotopic (exact) mass is 174 g/mol. The molecule has 0 bridgehead atoms. The largest absolute Gasteiger partial charge is 0.384 e. The number of hydrogen-bond donors (Lipinski definition) is 2. The highest BCUT2D eigenvalue weighted by molar-refractivity contribution is 5.57. The van der Waals surface area contributed by atoms with Gasteiger partial charge in [0.05, 0.1) is 0 Å². The standard InChI is InChI=1S/C11H14N2/c1-2-10(12)8-3-4-11-9(7-8)5-6-13-11/h2-4,7,10,13H,1,5-6,12H2. The minimum atomic E-state index is -0.0362. The topological polar surface area (TPSA) is 38.0 Å². The maximum Gasteiger partial charge on any atom is 0.0478 e. The van der Waals surface area contributed by atoms with E-state index < -0.39 is 0 Å². The number of benzene rings is 1. The summed E-state index contributed by atoms with van der Waals surface area (Å²) in [5, 5.41) is 3.32. The van der Waals surface area contributed by atoms with Crippen LogP contribution < -0.4 is 11.1 Å². The third kappa shape index (κ3) is 1.45. The highest BCUT2D eigenvalue weighted by Crippen LogP contribution is 2.25. The van der Waals surface area contributed by atoms with Gasteiger partial charge in [0.15, 0.2) is 0 Å². The fraction of sp³-hybridized carbons (Fsp3) is 0.273. The molecule has 0 spiro atoms. The van der Waals surface area contributed by atoms with Crippen molar-refractivity contribution in [2.75, 3.05) is 11.9 Å². The molecular weight excluding hydrogens is 160 g/mol. The predicted octanol–water partition coefficient (Wildman–Crippen LogP) is 1.84. The number of nitrogens with two attached hydrogens (primary N) is 1. The maximum absolute atomic E-state index is 5.85. The van der Waals surface area contributed by atoms with Crippen molar-refractivity contribution in [3.63, 3.8) is 0 Å². The molecule has 0 fully saturated rings. The molecule has 0 saturated heterocycles. The van der Waals surface area contributed by atoms with Gasteiger partial charge in [0.1, 0.15) is 0 Å². The zero-order valence-corrected chi connectivity index (χ0v) is 7.59. The van der Waals surface area contributed by atoms with Gasteiger partial charge in [-0.25, -0.2) is 0 Å². The first-order valence-corrected chi connectivity index (χ1v) is 4.56. The zero-order chi connectivity index (χ0) is 9.26. The molecule has 0 aliphatic carbocycles. The molecule has 0 saturated carbocycles. The molecule has 1 aliphatic rings. The van der Waals surface area contributed by atoms with Crippen LogP contribution in [0.3, 0.4) is 0 Å². The Hall–Kier alpha value is -1.28. The number of anilines is 1. The zero-order valence-electron chi connectivity index (χ0n) is 7.59. The second-order valence-electron chi connectivity index (χ2n) is 3.35. The van der Waals surface area contributed by atoms with Crippen molar-refractivity contribution in [2.24, 2.45) is 5.73 Å². The van der Waals surface area contributed by atoms with Crippen LogP contribution in [0.5, 0.6) is 0 Å². The number of hydrogen-bond acceptors (Lipinski definition) is 2. The van der Waals surface area contributed by atoms with E-state index in [0.29, 0.717) is 0 Å². The SMILES string of the molecule is C=CC(N)c1ccc2c(c1)CCN2. The van der Waals surface area contributed by atoms with Crippen molar-refractivity contribution in [2.45, 2.75) is 12.5 Å². The third-order valence-corrected chi connectivity index (χ3v) is 2.48. The van der Waals surface area contributed by atoms with Gasteiger partial charge in [-0.05, 0) is 23.6 Å². The first-order chi connectivity index (χ1) is 6.31. The summed E-state index contributed by atoms with van der Waals surface area (Å²) in [4.78, 5) is 0. The van der Waals surface area contributed by atoms with Gasteiger partial charge in [0.2, 0.25) is 0 Å². The van der Waals surface area contributed by atoms with E-state index in [-0.39, 0.29) is 6.04 Å². The molecular formula is C11H14N2. The van der Waals surface area contributed by atoms with Crippen LogP contribution in [0.15, 0.2) is 30.9 Å². The van der Waals surface area contributed by atoms with E-state index in [9.17, 15) is 0 Å². The molecule has 1 unspecified atom stereocenters. The van der Waals surface area contributed by atoms with Crippen LogP contribution in [0, 0.1) is 0 Å². The van der Waals surface area contributed by atoms with Gasteiger partial charge < -0.3 is 11.1 Å². The molecule has 0 radical (unpaired) electrons. The number of rotatable bonds is 2. The lowest BCUT2D eigenvalue weighted by Gasteiger charge is -2.08. The summed E-state index contributed by atoms with van der Waals surface area (Å²) in [6.45, 7) is 4.73. The van der Waals surface area contributed by atoms with Crippen molar-refractivity contribution < 1.29 is 0 Å². The van der Waals surface area contributed by atoms with Crippen LogP contribution >= 0.6 is 0 Å². The molecule has 2 rings (SSSR count). The van der Waals surface area contributed by atoms with Gasteiger partial charge >= 0.3 is 0 Å². The Labute approximate surface area is 78.5 Å². The molecule has 1 atom stereocenters. The summed E-state index contributed by atoms with van der Waals surface area (Å²) < 4.78 is 0. The minimum absolute atomic E-state index is 0.0362. The number of nitrogens with one attached hydrogen (secondary N) is 1.